The van der Waals surface area contributed by atoms with Crippen molar-refractivity contribution in [1.82, 2.24) is 9.97 Å². The highest BCUT2D eigenvalue weighted by Gasteiger charge is 2.09. The molecule has 2 aromatic carbocycles. The minimum atomic E-state index is 0.785. The Morgan fingerprint density at radius 1 is 1.11 bits per heavy atom. The average molecular weight is 237 g/mol. The molecular weight excluding hydrogens is 222 g/mol. The SMILES string of the molecule is Cc1ccc2nc(-c3cccc(C)c3N)[nH]c2c1. The fourth-order valence-corrected chi connectivity index (χ4v) is 2.14. The number of para-hydroxylation sites is 1. The van der Waals surface area contributed by atoms with Crippen LogP contribution in [0.1, 0.15) is 11.1 Å². The normalized spacial score (nSPS) is 11.0. The molecule has 90 valence electrons. The number of H-pyrrole nitrogens is 1. The maximum atomic E-state index is 6.11. The van der Waals surface area contributed by atoms with E-state index in [1.807, 2.05) is 31.2 Å². The first-order valence-electron chi connectivity index (χ1n) is 5.97. The highest BCUT2D eigenvalue weighted by atomic mass is 14.9. The average Bonchev–Trinajstić information content (AvgIpc) is 2.75. The molecular formula is C15H15N3. The number of hydrogen-bond acceptors (Lipinski definition) is 2. The van der Waals surface area contributed by atoms with Gasteiger partial charge in [0.25, 0.3) is 0 Å². The molecule has 0 aliphatic heterocycles. The molecule has 0 unspecified atom stereocenters. The summed E-state index contributed by atoms with van der Waals surface area (Å²) in [5.74, 6) is 0.830. The van der Waals surface area contributed by atoms with Crippen LogP contribution in [0, 0.1) is 13.8 Å². The van der Waals surface area contributed by atoms with Gasteiger partial charge in [0.15, 0.2) is 0 Å². The molecule has 18 heavy (non-hydrogen) atoms. The molecule has 3 aromatic rings. The maximum Gasteiger partial charge on any atom is 0.140 e. The molecule has 0 atom stereocenters. The van der Waals surface area contributed by atoms with Crippen LogP contribution in [0.4, 0.5) is 5.69 Å². The maximum absolute atomic E-state index is 6.11. The van der Waals surface area contributed by atoms with Crippen molar-refractivity contribution >= 4 is 16.7 Å². The van der Waals surface area contributed by atoms with Gasteiger partial charge in [-0.25, -0.2) is 4.98 Å². The van der Waals surface area contributed by atoms with Crippen molar-refractivity contribution in [3.8, 4) is 11.4 Å². The van der Waals surface area contributed by atoms with E-state index in [-0.39, 0.29) is 0 Å². The number of imidazole rings is 1. The minimum Gasteiger partial charge on any atom is -0.398 e. The molecule has 0 fully saturated rings. The van der Waals surface area contributed by atoms with Gasteiger partial charge >= 0.3 is 0 Å². The van der Waals surface area contributed by atoms with E-state index in [1.165, 1.54) is 5.56 Å². The second kappa shape index (κ2) is 3.88. The molecule has 0 aliphatic carbocycles. The third-order valence-corrected chi connectivity index (χ3v) is 3.22. The molecule has 3 rings (SSSR count). The van der Waals surface area contributed by atoms with Gasteiger partial charge in [-0.2, -0.15) is 0 Å². The number of aromatic nitrogens is 2. The van der Waals surface area contributed by atoms with Gasteiger partial charge in [-0.1, -0.05) is 18.2 Å². The lowest BCUT2D eigenvalue weighted by Gasteiger charge is -2.04. The van der Waals surface area contributed by atoms with Crippen molar-refractivity contribution in [2.45, 2.75) is 13.8 Å². The Hall–Kier alpha value is -2.29. The number of nitrogens with two attached hydrogens (primary N) is 1. The molecule has 0 amide bonds. The van der Waals surface area contributed by atoms with Crippen molar-refractivity contribution in [3.63, 3.8) is 0 Å². The predicted octanol–water partition coefficient (Wildman–Crippen LogP) is 3.43. The van der Waals surface area contributed by atoms with Gasteiger partial charge in [-0.3, -0.25) is 0 Å². The molecule has 0 saturated carbocycles. The second-order valence-corrected chi connectivity index (χ2v) is 4.64. The standard InChI is InChI=1S/C15H15N3/c1-9-6-7-12-13(8-9)18-15(17-12)11-5-3-4-10(2)14(11)16/h3-8H,16H2,1-2H3,(H,17,18). The number of nitrogens with zero attached hydrogens (tertiary/aromatic N) is 1. The first kappa shape index (κ1) is 10.8. The summed E-state index contributed by atoms with van der Waals surface area (Å²) in [5.41, 5.74) is 12.2. The zero-order valence-corrected chi connectivity index (χ0v) is 10.5. The molecule has 3 heteroatoms. The molecule has 3 nitrogen and oxygen atoms in total. The highest BCUT2D eigenvalue weighted by Crippen LogP contribution is 2.27. The zero-order chi connectivity index (χ0) is 12.7. The van der Waals surface area contributed by atoms with Gasteiger partial charge in [-0.05, 0) is 43.2 Å². The van der Waals surface area contributed by atoms with Crippen LogP contribution in [0.3, 0.4) is 0 Å². The Labute approximate surface area is 106 Å². The largest absolute Gasteiger partial charge is 0.398 e. The number of fused-ring (bicyclic) bond motifs is 1. The topological polar surface area (TPSA) is 54.7 Å². The Bertz CT molecular complexity index is 726. The summed E-state index contributed by atoms with van der Waals surface area (Å²) in [6, 6.07) is 12.2. The lowest BCUT2D eigenvalue weighted by molar-refractivity contribution is 1.32. The van der Waals surface area contributed by atoms with E-state index >= 15 is 0 Å². The van der Waals surface area contributed by atoms with Crippen LogP contribution in [0.15, 0.2) is 36.4 Å². The predicted molar refractivity (Wildman–Crippen MR) is 75.4 cm³/mol. The van der Waals surface area contributed by atoms with Crippen molar-refractivity contribution in [3.05, 3.63) is 47.5 Å². The van der Waals surface area contributed by atoms with Gasteiger partial charge in [-0.15, -0.1) is 0 Å². The quantitative estimate of drug-likeness (QED) is 0.637. The van der Waals surface area contributed by atoms with Gasteiger partial charge < -0.3 is 10.7 Å². The molecule has 0 aliphatic rings. The van der Waals surface area contributed by atoms with Crippen LogP contribution >= 0.6 is 0 Å². The number of anilines is 1. The van der Waals surface area contributed by atoms with E-state index in [4.69, 9.17) is 5.73 Å². The van der Waals surface area contributed by atoms with Gasteiger partial charge in [0, 0.05) is 11.3 Å². The van der Waals surface area contributed by atoms with Crippen LogP contribution in [-0.4, -0.2) is 9.97 Å². The second-order valence-electron chi connectivity index (χ2n) is 4.64. The molecule has 0 bridgehead atoms. The fourth-order valence-electron chi connectivity index (χ4n) is 2.14. The monoisotopic (exact) mass is 237 g/mol. The molecule has 3 N–H and O–H groups in total. The summed E-state index contributed by atoms with van der Waals surface area (Å²) in [7, 11) is 0. The van der Waals surface area contributed by atoms with Gasteiger partial charge in [0.1, 0.15) is 5.82 Å². The number of hydrogen-bond donors (Lipinski definition) is 2. The zero-order valence-electron chi connectivity index (χ0n) is 10.5. The summed E-state index contributed by atoms with van der Waals surface area (Å²) in [5, 5.41) is 0. The van der Waals surface area contributed by atoms with Crippen LogP contribution in [0.5, 0.6) is 0 Å². The first-order chi connectivity index (χ1) is 8.65. The van der Waals surface area contributed by atoms with Crippen LogP contribution in [0.2, 0.25) is 0 Å². The Morgan fingerprint density at radius 2 is 1.94 bits per heavy atom. The summed E-state index contributed by atoms with van der Waals surface area (Å²) in [6.45, 7) is 4.08. The minimum absolute atomic E-state index is 0.785. The molecule has 1 heterocycles. The van der Waals surface area contributed by atoms with Crippen LogP contribution < -0.4 is 5.73 Å². The Balaban J connectivity index is 2.22. The fraction of sp³-hybridized carbons (Fsp3) is 0.133. The smallest absolute Gasteiger partial charge is 0.140 e. The summed E-state index contributed by atoms with van der Waals surface area (Å²) >= 11 is 0. The van der Waals surface area contributed by atoms with E-state index in [1.54, 1.807) is 0 Å². The summed E-state index contributed by atoms with van der Waals surface area (Å²) in [4.78, 5) is 7.92. The molecule has 0 radical (unpaired) electrons. The molecule has 0 spiro atoms. The van der Waals surface area contributed by atoms with Crippen molar-refractivity contribution < 1.29 is 0 Å². The van der Waals surface area contributed by atoms with Gasteiger partial charge in [0.2, 0.25) is 0 Å². The third-order valence-electron chi connectivity index (χ3n) is 3.22. The summed E-state index contributed by atoms with van der Waals surface area (Å²) < 4.78 is 0. The first-order valence-corrected chi connectivity index (χ1v) is 5.97. The lowest BCUT2D eigenvalue weighted by Crippen LogP contribution is -1.94. The van der Waals surface area contributed by atoms with Gasteiger partial charge in [0.05, 0.1) is 11.0 Å². The van der Waals surface area contributed by atoms with Crippen molar-refractivity contribution in [2.24, 2.45) is 0 Å². The number of rotatable bonds is 1. The van der Waals surface area contributed by atoms with E-state index in [2.05, 4.69) is 29.0 Å². The number of aryl methyl sites for hydroxylation is 2. The number of nitrogen functional groups attached to an aromatic ring is 1. The van der Waals surface area contributed by atoms with E-state index in [9.17, 15) is 0 Å². The number of benzene rings is 2. The molecule has 0 saturated heterocycles. The Kier molecular flexibility index (Phi) is 2.33. The van der Waals surface area contributed by atoms with Crippen LogP contribution in [-0.2, 0) is 0 Å². The van der Waals surface area contributed by atoms with E-state index in [0.717, 1.165) is 33.7 Å². The third kappa shape index (κ3) is 1.64. The Morgan fingerprint density at radius 3 is 2.78 bits per heavy atom. The van der Waals surface area contributed by atoms with Crippen molar-refractivity contribution in [2.75, 3.05) is 5.73 Å². The van der Waals surface area contributed by atoms with E-state index < -0.39 is 0 Å². The lowest BCUT2D eigenvalue weighted by atomic mass is 10.1. The number of aromatic amines is 1. The van der Waals surface area contributed by atoms with Crippen molar-refractivity contribution in [1.29, 1.82) is 0 Å². The van der Waals surface area contributed by atoms with Crippen LogP contribution in [0.25, 0.3) is 22.4 Å². The number of nitrogens with one attached hydrogen (secondary N) is 1. The van der Waals surface area contributed by atoms with E-state index in [0.29, 0.717) is 0 Å². The summed E-state index contributed by atoms with van der Waals surface area (Å²) in [6.07, 6.45) is 0. The highest BCUT2D eigenvalue weighted by molar-refractivity contribution is 5.83. The molecule has 1 aromatic heterocycles.